The number of nitrogens with one attached hydrogen (secondary N) is 2. The second-order valence-corrected chi connectivity index (χ2v) is 8.18. The van der Waals surface area contributed by atoms with Crippen molar-refractivity contribution in [3.05, 3.63) is 18.2 Å². The lowest BCUT2D eigenvalue weighted by molar-refractivity contribution is -0.193. The van der Waals surface area contributed by atoms with E-state index in [0.717, 1.165) is 18.5 Å². The highest BCUT2D eigenvalue weighted by atomic mass is 19.4. The van der Waals surface area contributed by atoms with Crippen LogP contribution in [0.3, 0.4) is 0 Å². The van der Waals surface area contributed by atoms with Crippen LogP contribution in [-0.2, 0) is 20.8 Å². The predicted octanol–water partition coefficient (Wildman–Crippen LogP) is 3.65. The molecule has 1 heterocycles. The van der Waals surface area contributed by atoms with Gasteiger partial charge in [0.25, 0.3) is 0 Å². The Morgan fingerprint density at radius 1 is 1.11 bits per heavy atom. The number of aliphatic imine (C=N–C) groups is 1. The summed E-state index contributed by atoms with van der Waals surface area (Å²) >= 11 is 0. The summed E-state index contributed by atoms with van der Waals surface area (Å²) in [7, 11) is 0. The molecule has 0 radical (unpaired) electrons. The number of aromatic amines is 1. The fraction of sp³-hybridized carbons (Fsp3) is 0.667. The second kappa shape index (κ2) is 16.4. The first-order valence-corrected chi connectivity index (χ1v) is 11.2. The van der Waals surface area contributed by atoms with Gasteiger partial charge >= 0.3 is 24.3 Å². The number of hydrogen-bond acceptors (Lipinski definition) is 5. The number of guanidine groups is 1. The molecule has 0 aromatic carbocycles. The third-order valence-electron chi connectivity index (χ3n) is 5.16. The number of aryl methyl sites for hydroxylation is 1. The van der Waals surface area contributed by atoms with E-state index < -0.39 is 24.3 Å². The lowest BCUT2D eigenvalue weighted by Gasteiger charge is -2.27. The Bertz CT molecular complexity index is 829. The lowest BCUT2D eigenvalue weighted by atomic mass is 9.79. The van der Waals surface area contributed by atoms with Crippen LogP contribution in [0.25, 0.3) is 0 Å². The number of imidazole rings is 1. The largest absolute Gasteiger partial charge is 0.490 e. The number of rotatable bonds is 7. The number of nitrogens with two attached hydrogens (primary N) is 1. The average Bonchev–Trinajstić information content (AvgIpc) is 3.30. The normalized spacial score (nSPS) is 15.4. The van der Waals surface area contributed by atoms with Gasteiger partial charge in [-0.25, -0.2) is 14.6 Å². The summed E-state index contributed by atoms with van der Waals surface area (Å²) in [5.74, 6) is -4.20. The van der Waals surface area contributed by atoms with E-state index in [1.54, 1.807) is 6.33 Å². The van der Waals surface area contributed by atoms with Gasteiger partial charge in [0.15, 0.2) is 5.96 Å². The number of aromatic nitrogens is 2. The van der Waals surface area contributed by atoms with Crippen molar-refractivity contribution in [1.29, 1.82) is 0 Å². The minimum atomic E-state index is -5.08. The molecule has 2 rings (SSSR count). The number of alkyl halides is 6. The van der Waals surface area contributed by atoms with Crippen LogP contribution in [0.2, 0.25) is 0 Å². The average molecular weight is 547 g/mol. The first-order valence-electron chi connectivity index (χ1n) is 11.2. The van der Waals surface area contributed by atoms with Crippen molar-refractivity contribution in [2.75, 3.05) is 6.54 Å². The van der Waals surface area contributed by atoms with Gasteiger partial charge in [0.2, 0.25) is 5.91 Å². The SMILES string of the molecule is CC(CC(=O)NC(N)=NCCCc1cnc[nH]1)C1CCCCC1.O=C(O)C(F)(F)F.O=C(O)C(F)(F)F. The topological polar surface area (TPSA) is 171 Å². The molecular weight excluding hydrogens is 516 g/mol. The summed E-state index contributed by atoms with van der Waals surface area (Å²) in [6, 6.07) is 0. The molecular formula is C21H31F6N5O5. The van der Waals surface area contributed by atoms with E-state index in [1.165, 1.54) is 32.1 Å². The number of hydrogen-bond donors (Lipinski definition) is 5. The van der Waals surface area contributed by atoms with Gasteiger partial charge in [-0.05, 0) is 24.7 Å². The number of carboxylic acids is 2. The molecule has 37 heavy (non-hydrogen) atoms. The maximum atomic E-state index is 12.0. The number of halogens is 6. The molecule has 0 saturated heterocycles. The maximum absolute atomic E-state index is 12.0. The number of amides is 1. The summed E-state index contributed by atoms with van der Waals surface area (Å²) in [6.07, 6.45) is 2.05. The minimum absolute atomic E-state index is 0.0158. The van der Waals surface area contributed by atoms with Gasteiger partial charge in [-0.1, -0.05) is 39.0 Å². The Kier molecular flexibility index (Phi) is 14.9. The van der Waals surface area contributed by atoms with Crippen molar-refractivity contribution in [3.63, 3.8) is 0 Å². The van der Waals surface area contributed by atoms with E-state index in [2.05, 4.69) is 27.2 Å². The molecule has 212 valence electrons. The van der Waals surface area contributed by atoms with E-state index in [4.69, 9.17) is 25.5 Å². The van der Waals surface area contributed by atoms with Gasteiger partial charge in [0.1, 0.15) is 0 Å². The monoisotopic (exact) mass is 547 g/mol. The Balaban J connectivity index is 0.000000761. The van der Waals surface area contributed by atoms with Crippen molar-refractivity contribution in [2.45, 2.75) is 70.6 Å². The second-order valence-electron chi connectivity index (χ2n) is 8.18. The third kappa shape index (κ3) is 16.9. The zero-order chi connectivity index (χ0) is 28.6. The standard InChI is InChI=1S/C17H29N5O.2C2HF3O2/c1-13(14-6-3-2-4-7-14)10-16(23)22-17(18)20-9-5-8-15-11-19-12-21-15;2*3-2(4,5)1(6)7/h11-14H,2-10H2,1H3,(H,19,21)(H3,18,20,22,23);2*(H,6,7). The third-order valence-corrected chi connectivity index (χ3v) is 5.16. The molecule has 10 nitrogen and oxygen atoms in total. The summed E-state index contributed by atoms with van der Waals surface area (Å²) in [5, 5.41) is 17.0. The molecule has 1 amide bonds. The van der Waals surface area contributed by atoms with Crippen molar-refractivity contribution in [2.24, 2.45) is 22.6 Å². The summed E-state index contributed by atoms with van der Waals surface area (Å²) in [5.41, 5.74) is 6.87. The van der Waals surface area contributed by atoms with Gasteiger partial charge in [-0.15, -0.1) is 0 Å². The molecule has 1 aliphatic rings. The van der Waals surface area contributed by atoms with Gasteiger partial charge in [-0.3, -0.25) is 15.1 Å². The van der Waals surface area contributed by atoms with Crippen LogP contribution in [0.15, 0.2) is 17.5 Å². The van der Waals surface area contributed by atoms with E-state index in [1.807, 2.05) is 6.20 Å². The maximum Gasteiger partial charge on any atom is 0.490 e. The highest BCUT2D eigenvalue weighted by molar-refractivity contribution is 5.96. The Labute approximate surface area is 208 Å². The molecule has 16 heteroatoms. The molecule has 0 spiro atoms. The molecule has 0 bridgehead atoms. The zero-order valence-corrected chi connectivity index (χ0v) is 20.0. The van der Waals surface area contributed by atoms with Gasteiger partial charge in [-0.2, -0.15) is 26.3 Å². The fourth-order valence-electron chi connectivity index (χ4n) is 3.29. The number of carbonyl (C=O) groups excluding carboxylic acids is 1. The number of H-pyrrole nitrogens is 1. The Morgan fingerprint density at radius 3 is 2.05 bits per heavy atom. The van der Waals surface area contributed by atoms with Crippen molar-refractivity contribution >= 4 is 23.8 Å². The van der Waals surface area contributed by atoms with Crippen LogP contribution in [0, 0.1) is 11.8 Å². The van der Waals surface area contributed by atoms with Crippen LogP contribution in [0.4, 0.5) is 26.3 Å². The molecule has 1 aromatic heterocycles. The molecule has 1 unspecified atom stereocenters. The molecule has 1 atom stereocenters. The first-order chi connectivity index (χ1) is 17.0. The number of carboxylic acid groups (broad SMARTS) is 2. The van der Waals surface area contributed by atoms with Crippen LogP contribution in [0.5, 0.6) is 0 Å². The quantitative estimate of drug-likeness (QED) is 0.150. The van der Waals surface area contributed by atoms with Crippen molar-refractivity contribution < 1.29 is 50.9 Å². The van der Waals surface area contributed by atoms with E-state index in [0.29, 0.717) is 24.8 Å². The summed E-state index contributed by atoms with van der Waals surface area (Å²) in [6.45, 7) is 2.77. The molecule has 1 saturated carbocycles. The van der Waals surface area contributed by atoms with Crippen molar-refractivity contribution in [3.8, 4) is 0 Å². The molecule has 6 N–H and O–H groups in total. The minimum Gasteiger partial charge on any atom is -0.475 e. The lowest BCUT2D eigenvalue weighted by Crippen LogP contribution is -2.38. The van der Waals surface area contributed by atoms with Gasteiger partial charge in [0.05, 0.1) is 6.33 Å². The highest BCUT2D eigenvalue weighted by Crippen LogP contribution is 2.31. The van der Waals surface area contributed by atoms with Crippen LogP contribution >= 0.6 is 0 Å². The van der Waals surface area contributed by atoms with Crippen molar-refractivity contribution in [1.82, 2.24) is 15.3 Å². The van der Waals surface area contributed by atoms with E-state index in [9.17, 15) is 31.1 Å². The van der Waals surface area contributed by atoms with E-state index in [-0.39, 0.29) is 11.9 Å². The number of aliphatic carboxylic acids is 2. The van der Waals surface area contributed by atoms with E-state index >= 15 is 0 Å². The summed E-state index contributed by atoms with van der Waals surface area (Å²) < 4.78 is 63.5. The highest BCUT2D eigenvalue weighted by Gasteiger charge is 2.38. The number of carbonyl (C=O) groups is 3. The molecule has 1 fully saturated rings. The van der Waals surface area contributed by atoms with Gasteiger partial charge in [0, 0.05) is 24.9 Å². The first kappa shape index (κ1) is 33.7. The Hall–Kier alpha value is -3.33. The smallest absolute Gasteiger partial charge is 0.475 e. The molecule has 1 aliphatic carbocycles. The molecule has 1 aromatic rings. The summed E-state index contributed by atoms with van der Waals surface area (Å²) in [4.78, 5) is 41.1. The number of nitrogens with zero attached hydrogens (tertiary/aromatic N) is 2. The fourth-order valence-corrected chi connectivity index (χ4v) is 3.29. The van der Waals surface area contributed by atoms with Crippen LogP contribution < -0.4 is 11.1 Å². The van der Waals surface area contributed by atoms with Crippen LogP contribution in [0.1, 0.15) is 57.6 Å². The zero-order valence-electron chi connectivity index (χ0n) is 20.0. The Morgan fingerprint density at radius 2 is 1.62 bits per heavy atom. The van der Waals surface area contributed by atoms with Crippen LogP contribution in [-0.4, -0.2) is 62.9 Å². The molecule has 0 aliphatic heterocycles. The predicted molar refractivity (Wildman–Crippen MR) is 119 cm³/mol. The van der Waals surface area contributed by atoms with Gasteiger partial charge < -0.3 is 20.9 Å².